The molecular formula is C18H29ClN2. The standard InChI is InChI=1S/C18H29ClN2/c1-5-10-20-14(3)17-9-8-16(12-18(17)19)21-11-6-7-13(2)15(21)4/h8-9,12-15,20H,5-7,10-11H2,1-4H3. The molecule has 1 N–H and O–H groups in total. The molecule has 1 heterocycles. The number of piperidine rings is 1. The van der Waals surface area contributed by atoms with Crippen molar-refractivity contribution >= 4 is 17.3 Å². The predicted molar refractivity (Wildman–Crippen MR) is 93.4 cm³/mol. The lowest BCUT2D eigenvalue weighted by molar-refractivity contribution is 0.363. The first kappa shape index (κ1) is 16.6. The van der Waals surface area contributed by atoms with E-state index in [9.17, 15) is 0 Å². The summed E-state index contributed by atoms with van der Waals surface area (Å²) in [6.45, 7) is 11.2. The summed E-state index contributed by atoms with van der Waals surface area (Å²) in [7, 11) is 0. The number of hydrogen-bond acceptors (Lipinski definition) is 2. The Morgan fingerprint density at radius 1 is 1.38 bits per heavy atom. The molecule has 0 amide bonds. The highest BCUT2D eigenvalue weighted by atomic mass is 35.5. The van der Waals surface area contributed by atoms with Gasteiger partial charge in [-0.2, -0.15) is 0 Å². The van der Waals surface area contributed by atoms with Crippen LogP contribution in [0.2, 0.25) is 5.02 Å². The van der Waals surface area contributed by atoms with Crippen molar-refractivity contribution in [3.8, 4) is 0 Å². The molecule has 0 bridgehead atoms. The Kier molecular flexibility index (Phi) is 5.95. The van der Waals surface area contributed by atoms with Crippen LogP contribution >= 0.6 is 11.6 Å². The van der Waals surface area contributed by atoms with Crippen molar-refractivity contribution in [2.24, 2.45) is 5.92 Å². The van der Waals surface area contributed by atoms with Gasteiger partial charge in [-0.15, -0.1) is 0 Å². The molecule has 3 atom stereocenters. The lowest BCUT2D eigenvalue weighted by Crippen LogP contribution is -2.42. The summed E-state index contributed by atoms with van der Waals surface area (Å²) >= 11 is 6.54. The van der Waals surface area contributed by atoms with Gasteiger partial charge in [0.05, 0.1) is 0 Å². The van der Waals surface area contributed by atoms with Crippen LogP contribution in [0.1, 0.15) is 58.6 Å². The van der Waals surface area contributed by atoms with Crippen LogP contribution in [0, 0.1) is 5.92 Å². The van der Waals surface area contributed by atoms with E-state index < -0.39 is 0 Å². The van der Waals surface area contributed by atoms with Gasteiger partial charge in [-0.3, -0.25) is 0 Å². The largest absolute Gasteiger partial charge is 0.369 e. The van der Waals surface area contributed by atoms with Gasteiger partial charge in [-0.05, 0) is 63.3 Å². The zero-order valence-corrected chi connectivity index (χ0v) is 14.6. The van der Waals surface area contributed by atoms with Gasteiger partial charge < -0.3 is 10.2 Å². The number of benzene rings is 1. The molecule has 2 nitrogen and oxygen atoms in total. The van der Waals surface area contributed by atoms with Gasteiger partial charge in [0.1, 0.15) is 0 Å². The first-order valence-electron chi connectivity index (χ1n) is 8.34. The Hall–Kier alpha value is -0.730. The van der Waals surface area contributed by atoms with Gasteiger partial charge in [0.25, 0.3) is 0 Å². The lowest BCUT2D eigenvalue weighted by Gasteiger charge is -2.40. The van der Waals surface area contributed by atoms with Gasteiger partial charge in [-0.1, -0.05) is 31.5 Å². The average molecular weight is 309 g/mol. The number of hydrogen-bond donors (Lipinski definition) is 1. The van der Waals surface area contributed by atoms with Crippen LogP contribution in [0.25, 0.3) is 0 Å². The maximum absolute atomic E-state index is 6.54. The molecule has 1 saturated heterocycles. The third-order valence-corrected chi connectivity index (χ3v) is 5.18. The van der Waals surface area contributed by atoms with E-state index in [1.165, 1.54) is 24.1 Å². The van der Waals surface area contributed by atoms with Crippen LogP contribution in [-0.4, -0.2) is 19.1 Å². The van der Waals surface area contributed by atoms with E-state index in [0.717, 1.165) is 30.5 Å². The summed E-state index contributed by atoms with van der Waals surface area (Å²) in [6, 6.07) is 7.48. The molecule has 21 heavy (non-hydrogen) atoms. The molecule has 0 aromatic heterocycles. The molecule has 1 aliphatic rings. The Bertz CT molecular complexity index is 461. The first-order chi connectivity index (χ1) is 10.0. The average Bonchev–Trinajstić information content (AvgIpc) is 2.47. The van der Waals surface area contributed by atoms with Gasteiger partial charge in [-0.25, -0.2) is 0 Å². The smallest absolute Gasteiger partial charge is 0.0474 e. The van der Waals surface area contributed by atoms with E-state index >= 15 is 0 Å². The number of nitrogens with zero attached hydrogens (tertiary/aromatic N) is 1. The van der Waals surface area contributed by atoms with E-state index in [2.05, 4.69) is 56.1 Å². The Labute approximate surface area is 134 Å². The molecule has 2 rings (SSSR count). The normalized spacial score (nSPS) is 24.1. The molecule has 118 valence electrons. The fraction of sp³-hybridized carbons (Fsp3) is 0.667. The van der Waals surface area contributed by atoms with Crippen molar-refractivity contribution in [2.45, 2.75) is 59.0 Å². The first-order valence-corrected chi connectivity index (χ1v) is 8.71. The third kappa shape index (κ3) is 3.92. The topological polar surface area (TPSA) is 15.3 Å². The van der Waals surface area contributed by atoms with Crippen LogP contribution in [-0.2, 0) is 0 Å². The molecule has 0 saturated carbocycles. The summed E-state index contributed by atoms with van der Waals surface area (Å²) in [5, 5.41) is 4.39. The number of halogens is 1. The lowest BCUT2D eigenvalue weighted by atomic mass is 9.91. The van der Waals surface area contributed by atoms with Gasteiger partial charge in [0, 0.05) is 29.3 Å². The van der Waals surface area contributed by atoms with Gasteiger partial charge >= 0.3 is 0 Å². The Morgan fingerprint density at radius 2 is 2.14 bits per heavy atom. The number of anilines is 1. The third-order valence-electron chi connectivity index (χ3n) is 4.86. The fourth-order valence-corrected chi connectivity index (χ4v) is 3.55. The molecule has 0 spiro atoms. The minimum Gasteiger partial charge on any atom is -0.369 e. The molecular weight excluding hydrogens is 280 g/mol. The molecule has 1 fully saturated rings. The molecule has 1 aliphatic heterocycles. The van der Waals surface area contributed by atoms with Crippen molar-refractivity contribution < 1.29 is 0 Å². The van der Waals surface area contributed by atoms with Crippen LogP contribution in [0.3, 0.4) is 0 Å². The zero-order valence-electron chi connectivity index (χ0n) is 13.8. The van der Waals surface area contributed by atoms with E-state index in [-0.39, 0.29) is 0 Å². The monoisotopic (exact) mass is 308 g/mol. The zero-order chi connectivity index (χ0) is 15.4. The van der Waals surface area contributed by atoms with Crippen LogP contribution in [0.15, 0.2) is 18.2 Å². The van der Waals surface area contributed by atoms with E-state index in [4.69, 9.17) is 11.6 Å². The maximum atomic E-state index is 6.54. The number of nitrogens with one attached hydrogen (secondary N) is 1. The highest BCUT2D eigenvalue weighted by Crippen LogP contribution is 2.32. The van der Waals surface area contributed by atoms with Crippen molar-refractivity contribution in [3.63, 3.8) is 0 Å². The van der Waals surface area contributed by atoms with E-state index in [1.54, 1.807) is 0 Å². The summed E-state index contributed by atoms with van der Waals surface area (Å²) in [5.74, 6) is 0.752. The maximum Gasteiger partial charge on any atom is 0.0474 e. The second-order valence-corrected chi connectivity index (χ2v) is 6.84. The van der Waals surface area contributed by atoms with E-state index in [0.29, 0.717) is 12.1 Å². The molecule has 3 unspecified atom stereocenters. The summed E-state index contributed by atoms with van der Waals surface area (Å²) in [5.41, 5.74) is 2.47. The van der Waals surface area contributed by atoms with Crippen molar-refractivity contribution in [1.29, 1.82) is 0 Å². The molecule has 1 aromatic carbocycles. The second-order valence-electron chi connectivity index (χ2n) is 6.44. The number of rotatable bonds is 5. The van der Waals surface area contributed by atoms with Gasteiger partial charge in [0.15, 0.2) is 0 Å². The molecule has 0 radical (unpaired) electrons. The Morgan fingerprint density at radius 3 is 2.81 bits per heavy atom. The van der Waals surface area contributed by atoms with Crippen molar-refractivity contribution in [1.82, 2.24) is 5.32 Å². The highest BCUT2D eigenvalue weighted by molar-refractivity contribution is 6.31. The fourth-order valence-electron chi connectivity index (χ4n) is 3.22. The van der Waals surface area contributed by atoms with Crippen LogP contribution < -0.4 is 10.2 Å². The molecule has 1 aromatic rings. The van der Waals surface area contributed by atoms with Crippen molar-refractivity contribution in [2.75, 3.05) is 18.0 Å². The predicted octanol–water partition coefficient (Wildman–Crippen LogP) is 5.03. The molecule has 0 aliphatic carbocycles. The quantitative estimate of drug-likeness (QED) is 0.821. The van der Waals surface area contributed by atoms with Crippen LogP contribution in [0.4, 0.5) is 5.69 Å². The van der Waals surface area contributed by atoms with Crippen molar-refractivity contribution in [3.05, 3.63) is 28.8 Å². The van der Waals surface area contributed by atoms with E-state index in [1.807, 2.05) is 0 Å². The second kappa shape index (κ2) is 7.51. The SMILES string of the molecule is CCCNC(C)c1ccc(N2CCCC(C)C2C)cc1Cl. The summed E-state index contributed by atoms with van der Waals surface area (Å²) in [4.78, 5) is 2.51. The van der Waals surface area contributed by atoms with Gasteiger partial charge in [0.2, 0.25) is 0 Å². The minimum atomic E-state index is 0.309. The Balaban J connectivity index is 2.14. The summed E-state index contributed by atoms with van der Waals surface area (Å²) in [6.07, 6.45) is 3.75. The molecule has 3 heteroatoms. The highest BCUT2D eigenvalue weighted by Gasteiger charge is 2.25. The minimum absolute atomic E-state index is 0.309. The van der Waals surface area contributed by atoms with Crippen LogP contribution in [0.5, 0.6) is 0 Å². The summed E-state index contributed by atoms with van der Waals surface area (Å²) < 4.78 is 0.